The summed E-state index contributed by atoms with van der Waals surface area (Å²) < 4.78 is 5.13. The molecule has 20 heavy (non-hydrogen) atoms. The van der Waals surface area contributed by atoms with Crippen molar-refractivity contribution in [2.24, 2.45) is 0 Å². The molecule has 1 N–H and O–H groups in total. The van der Waals surface area contributed by atoms with Gasteiger partial charge in [-0.1, -0.05) is 47.5 Å². The first kappa shape index (κ1) is 18.0. The number of hydrogen-bond acceptors (Lipinski definition) is 3. The Morgan fingerprint density at radius 3 is 2.25 bits per heavy atom. The molecular formula is C14H12Cl2KNO2. The van der Waals surface area contributed by atoms with E-state index in [1.165, 1.54) is 0 Å². The summed E-state index contributed by atoms with van der Waals surface area (Å²) in [6.07, 6.45) is 0. The van der Waals surface area contributed by atoms with Crippen molar-refractivity contribution in [2.75, 3.05) is 11.9 Å². The van der Waals surface area contributed by atoms with Gasteiger partial charge in [0, 0.05) is 0 Å². The molecule has 0 atom stereocenters. The second-order valence-corrected chi connectivity index (χ2v) is 4.55. The van der Waals surface area contributed by atoms with E-state index < -0.39 is 5.97 Å². The third-order valence-corrected chi connectivity index (χ3v) is 2.98. The maximum absolute atomic E-state index is 11.6. The molecule has 0 heterocycles. The largest absolute Gasteiger partial charge is 1.00 e. The van der Waals surface area contributed by atoms with Gasteiger partial charge in [0.05, 0.1) is 15.7 Å². The van der Waals surface area contributed by atoms with Gasteiger partial charge in [-0.15, -0.1) is 0 Å². The Morgan fingerprint density at radius 2 is 1.65 bits per heavy atom. The fourth-order valence-corrected chi connectivity index (χ4v) is 2.01. The first-order valence-electron chi connectivity index (χ1n) is 5.60. The summed E-state index contributed by atoms with van der Waals surface area (Å²) in [4.78, 5) is 11.6. The average Bonchev–Trinajstić information content (AvgIpc) is 2.39. The SMILES string of the molecule is O=C(CNc1c(Cl)cccc1Cl)Oc1ccccc1.[H-].[K+]. The Balaban J connectivity index is 0.00000200. The Morgan fingerprint density at radius 1 is 1.05 bits per heavy atom. The van der Waals surface area contributed by atoms with E-state index in [1.54, 1.807) is 42.5 Å². The summed E-state index contributed by atoms with van der Waals surface area (Å²) in [6, 6.07) is 14.0. The van der Waals surface area contributed by atoms with Gasteiger partial charge in [0.2, 0.25) is 0 Å². The van der Waals surface area contributed by atoms with Crippen LogP contribution in [-0.2, 0) is 4.79 Å². The fourth-order valence-electron chi connectivity index (χ4n) is 1.48. The number of para-hydroxylation sites is 2. The maximum Gasteiger partial charge on any atom is 1.00 e. The van der Waals surface area contributed by atoms with Crippen molar-refractivity contribution in [3.05, 3.63) is 58.6 Å². The van der Waals surface area contributed by atoms with E-state index in [0.717, 1.165) is 0 Å². The summed E-state index contributed by atoms with van der Waals surface area (Å²) in [7, 11) is 0. The van der Waals surface area contributed by atoms with Crippen molar-refractivity contribution in [3.63, 3.8) is 0 Å². The molecule has 6 heteroatoms. The van der Waals surface area contributed by atoms with Gasteiger partial charge in [-0.05, 0) is 24.3 Å². The molecule has 0 unspecified atom stereocenters. The van der Waals surface area contributed by atoms with Crippen LogP contribution in [0.25, 0.3) is 0 Å². The predicted octanol–water partition coefficient (Wildman–Crippen LogP) is 1.13. The topological polar surface area (TPSA) is 38.3 Å². The van der Waals surface area contributed by atoms with E-state index in [1.807, 2.05) is 6.07 Å². The van der Waals surface area contributed by atoms with E-state index >= 15 is 0 Å². The van der Waals surface area contributed by atoms with E-state index in [9.17, 15) is 4.79 Å². The quantitative estimate of drug-likeness (QED) is 0.517. The number of carbonyl (C=O) groups is 1. The van der Waals surface area contributed by atoms with Crippen molar-refractivity contribution in [1.82, 2.24) is 0 Å². The minimum absolute atomic E-state index is 0. The molecule has 0 aliphatic rings. The zero-order valence-electron chi connectivity index (χ0n) is 11.9. The number of esters is 1. The van der Waals surface area contributed by atoms with Crippen molar-refractivity contribution in [3.8, 4) is 5.75 Å². The number of benzene rings is 2. The normalized spacial score (nSPS) is 9.50. The maximum atomic E-state index is 11.6. The van der Waals surface area contributed by atoms with Gasteiger partial charge in [0.1, 0.15) is 12.3 Å². The molecule has 0 aromatic heterocycles. The van der Waals surface area contributed by atoms with Gasteiger partial charge in [-0.3, -0.25) is 0 Å². The van der Waals surface area contributed by atoms with Crippen LogP contribution in [0.4, 0.5) is 5.69 Å². The molecule has 0 spiro atoms. The van der Waals surface area contributed by atoms with Gasteiger partial charge in [0.25, 0.3) is 0 Å². The van der Waals surface area contributed by atoms with Crippen LogP contribution >= 0.6 is 23.2 Å². The number of nitrogens with one attached hydrogen (secondary N) is 1. The van der Waals surface area contributed by atoms with E-state index in [2.05, 4.69) is 5.32 Å². The van der Waals surface area contributed by atoms with Crippen LogP contribution in [0.5, 0.6) is 5.75 Å². The van der Waals surface area contributed by atoms with Crippen LogP contribution in [0.3, 0.4) is 0 Å². The Labute approximate surface area is 171 Å². The Bertz CT molecular complexity index is 564. The van der Waals surface area contributed by atoms with Crippen LogP contribution in [0.1, 0.15) is 1.43 Å². The minimum Gasteiger partial charge on any atom is -1.00 e. The third-order valence-electron chi connectivity index (χ3n) is 2.35. The summed E-state index contributed by atoms with van der Waals surface area (Å²) in [5, 5.41) is 3.78. The molecule has 0 fully saturated rings. The van der Waals surface area contributed by atoms with Crippen molar-refractivity contribution in [1.29, 1.82) is 0 Å². The molecule has 0 amide bonds. The molecule has 0 bridgehead atoms. The predicted molar refractivity (Wildman–Crippen MR) is 78.1 cm³/mol. The van der Waals surface area contributed by atoms with Crippen LogP contribution in [0, 0.1) is 0 Å². The number of rotatable bonds is 4. The van der Waals surface area contributed by atoms with Crippen LogP contribution in [0.15, 0.2) is 48.5 Å². The average molecular weight is 336 g/mol. The molecule has 2 rings (SSSR count). The Kier molecular flexibility index (Phi) is 8.13. The second-order valence-electron chi connectivity index (χ2n) is 3.74. The van der Waals surface area contributed by atoms with Crippen LogP contribution in [0.2, 0.25) is 10.0 Å². The van der Waals surface area contributed by atoms with Gasteiger partial charge >= 0.3 is 57.4 Å². The van der Waals surface area contributed by atoms with E-state index in [0.29, 0.717) is 21.5 Å². The first-order chi connectivity index (χ1) is 9.16. The summed E-state index contributed by atoms with van der Waals surface area (Å²) in [5.41, 5.74) is 0.524. The second kappa shape index (κ2) is 9.05. The summed E-state index contributed by atoms with van der Waals surface area (Å²) in [6.45, 7) is -0.0155. The number of ether oxygens (including phenoxy) is 1. The van der Waals surface area contributed by atoms with Gasteiger partial charge < -0.3 is 11.5 Å². The number of halogens is 2. The molecule has 0 radical (unpaired) electrons. The molecule has 0 aliphatic heterocycles. The fraction of sp³-hybridized carbons (Fsp3) is 0.0714. The van der Waals surface area contributed by atoms with Crippen LogP contribution < -0.4 is 61.4 Å². The molecule has 100 valence electrons. The Hall–Kier alpha value is -0.0736. The molecule has 2 aromatic rings. The van der Waals surface area contributed by atoms with Crippen molar-refractivity contribution in [2.45, 2.75) is 0 Å². The number of anilines is 1. The molecule has 2 aromatic carbocycles. The number of carbonyl (C=O) groups excluding carboxylic acids is 1. The first-order valence-corrected chi connectivity index (χ1v) is 6.36. The summed E-state index contributed by atoms with van der Waals surface area (Å²) >= 11 is 11.9. The smallest absolute Gasteiger partial charge is 1.00 e. The standard InChI is InChI=1S/C14H11Cl2NO2.K.H/c15-11-7-4-8-12(16)14(11)17-9-13(18)19-10-5-2-1-3-6-10;;/h1-8,17H,9H2;;/q;+1;-1. The number of hydrogen-bond donors (Lipinski definition) is 1. The van der Waals surface area contributed by atoms with E-state index in [4.69, 9.17) is 27.9 Å². The molecule has 0 saturated carbocycles. The van der Waals surface area contributed by atoms with Gasteiger partial charge in [-0.2, -0.15) is 0 Å². The third kappa shape index (κ3) is 5.37. The van der Waals surface area contributed by atoms with E-state index in [-0.39, 0.29) is 59.4 Å². The molecule has 0 saturated heterocycles. The zero-order valence-corrected chi connectivity index (χ0v) is 15.5. The van der Waals surface area contributed by atoms with Crippen LogP contribution in [-0.4, -0.2) is 12.5 Å². The summed E-state index contributed by atoms with van der Waals surface area (Å²) in [5.74, 6) is 0.0849. The molecular weight excluding hydrogens is 324 g/mol. The van der Waals surface area contributed by atoms with Gasteiger partial charge in [0.15, 0.2) is 0 Å². The zero-order chi connectivity index (χ0) is 13.7. The monoisotopic (exact) mass is 335 g/mol. The molecule has 0 aliphatic carbocycles. The van der Waals surface area contributed by atoms with Gasteiger partial charge in [-0.25, -0.2) is 4.79 Å². The van der Waals surface area contributed by atoms with Crippen molar-refractivity contribution < 1.29 is 62.3 Å². The minimum atomic E-state index is -0.415. The molecule has 3 nitrogen and oxygen atoms in total. The van der Waals surface area contributed by atoms with Crippen molar-refractivity contribution >= 4 is 34.9 Å².